The van der Waals surface area contributed by atoms with Crippen LogP contribution in [0.15, 0.2) is 30.3 Å². The van der Waals surface area contributed by atoms with Crippen LogP contribution in [0.3, 0.4) is 0 Å². The third-order valence-electron chi connectivity index (χ3n) is 2.13. The minimum absolute atomic E-state index is 0.557. The molecule has 0 aromatic heterocycles. The van der Waals surface area contributed by atoms with E-state index in [1.165, 1.54) is 0 Å². The van der Waals surface area contributed by atoms with Gasteiger partial charge in [-0.1, -0.05) is 43.7 Å². The molecule has 13 heavy (non-hydrogen) atoms. The first-order valence-electron chi connectivity index (χ1n) is 4.58. The Morgan fingerprint density at radius 1 is 1.15 bits per heavy atom. The highest BCUT2D eigenvalue weighted by molar-refractivity contribution is 5.19. The van der Waals surface area contributed by atoms with E-state index in [-0.39, 0.29) is 0 Å². The van der Waals surface area contributed by atoms with Crippen LogP contribution in [0.2, 0.25) is 0 Å². The standard InChI is InChI=1S/C11H14F2/c1-2-6-10(11(12)13)9-7-4-3-5-8-9/h3-5,7-8,10-11H,2,6H2,1H3. The second-order valence-electron chi connectivity index (χ2n) is 3.14. The molecule has 0 saturated carbocycles. The Morgan fingerprint density at radius 3 is 2.23 bits per heavy atom. The molecule has 1 rings (SSSR count). The highest BCUT2D eigenvalue weighted by Crippen LogP contribution is 2.27. The van der Waals surface area contributed by atoms with Crippen molar-refractivity contribution in [1.82, 2.24) is 0 Å². The van der Waals surface area contributed by atoms with Crippen molar-refractivity contribution in [3.63, 3.8) is 0 Å². The smallest absolute Gasteiger partial charge is 0.210 e. The van der Waals surface area contributed by atoms with Crippen molar-refractivity contribution in [2.45, 2.75) is 32.1 Å². The Labute approximate surface area is 77.6 Å². The number of halogens is 2. The molecule has 0 fully saturated rings. The Morgan fingerprint density at radius 2 is 1.77 bits per heavy atom. The van der Waals surface area contributed by atoms with E-state index in [1.54, 1.807) is 24.3 Å². The summed E-state index contributed by atoms with van der Waals surface area (Å²) in [7, 11) is 0. The second-order valence-corrected chi connectivity index (χ2v) is 3.14. The summed E-state index contributed by atoms with van der Waals surface area (Å²) in [6, 6.07) is 9.00. The fourth-order valence-corrected chi connectivity index (χ4v) is 1.45. The Kier molecular flexibility index (Phi) is 3.87. The van der Waals surface area contributed by atoms with Crippen LogP contribution in [0.1, 0.15) is 31.2 Å². The molecular formula is C11H14F2. The molecule has 0 heterocycles. The lowest BCUT2D eigenvalue weighted by Crippen LogP contribution is -2.08. The average molecular weight is 184 g/mol. The van der Waals surface area contributed by atoms with Crippen molar-refractivity contribution in [3.8, 4) is 0 Å². The molecule has 0 aliphatic carbocycles. The van der Waals surface area contributed by atoms with Crippen molar-refractivity contribution in [2.75, 3.05) is 0 Å². The molecule has 0 spiro atoms. The van der Waals surface area contributed by atoms with Gasteiger partial charge in [0.05, 0.1) is 0 Å². The molecule has 0 N–H and O–H groups in total. The maximum Gasteiger partial charge on any atom is 0.245 e. The summed E-state index contributed by atoms with van der Waals surface area (Å²) >= 11 is 0. The van der Waals surface area contributed by atoms with Crippen molar-refractivity contribution in [1.29, 1.82) is 0 Å². The summed E-state index contributed by atoms with van der Waals surface area (Å²) < 4.78 is 25.1. The molecule has 0 bridgehead atoms. The second kappa shape index (κ2) is 4.95. The molecule has 2 heteroatoms. The van der Waals surface area contributed by atoms with E-state index >= 15 is 0 Å². The van der Waals surface area contributed by atoms with Gasteiger partial charge in [-0.3, -0.25) is 0 Å². The van der Waals surface area contributed by atoms with Gasteiger partial charge in [-0.25, -0.2) is 8.78 Å². The van der Waals surface area contributed by atoms with Crippen LogP contribution in [-0.2, 0) is 0 Å². The van der Waals surface area contributed by atoms with Crippen LogP contribution < -0.4 is 0 Å². The third kappa shape index (κ3) is 2.79. The zero-order valence-corrected chi connectivity index (χ0v) is 7.71. The van der Waals surface area contributed by atoms with Crippen LogP contribution in [0.4, 0.5) is 8.78 Å². The van der Waals surface area contributed by atoms with Gasteiger partial charge in [-0.2, -0.15) is 0 Å². The van der Waals surface area contributed by atoms with Crippen LogP contribution in [0.25, 0.3) is 0 Å². The summed E-state index contributed by atoms with van der Waals surface area (Å²) in [5, 5.41) is 0. The minimum Gasteiger partial charge on any atom is -0.210 e. The zero-order chi connectivity index (χ0) is 9.68. The highest BCUT2D eigenvalue weighted by atomic mass is 19.3. The van der Waals surface area contributed by atoms with Crippen LogP contribution in [-0.4, -0.2) is 6.43 Å². The lowest BCUT2D eigenvalue weighted by Gasteiger charge is -2.14. The Bertz CT molecular complexity index is 231. The number of hydrogen-bond acceptors (Lipinski definition) is 0. The van der Waals surface area contributed by atoms with Gasteiger partial charge in [0.2, 0.25) is 6.43 Å². The van der Waals surface area contributed by atoms with E-state index in [4.69, 9.17) is 0 Å². The van der Waals surface area contributed by atoms with Gasteiger partial charge in [0.15, 0.2) is 0 Å². The first-order valence-corrected chi connectivity index (χ1v) is 4.58. The van der Waals surface area contributed by atoms with Crippen molar-refractivity contribution >= 4 is 0 Å². The predicted molar refractivity (Wildman–Crippen MR) is 50.1 cm³/mol. The topological polar surface area (TPSA) is 0 Å². The van der Waals surface area contributed by atoms with Crippen molar-refractivity contribution < 1.29 is 8.78 Å². The fraction of sp³-hybridized carbons (Fsp3) is 0.455. The van der Waals surface area contributed by atoms with Gasteiger partial charge in [0, 0.05) is 5.92 Å². The van der Waals surface area contributed by atoms with Gasteiger partial charge in [0.1, 0.15) is 0 Å². The summed E-state index contributed by atoms with van der Waals surface area (Å²) in [6.07, 6.45) is -0.895. The summed E-state index contributed by atoms with van der Waals surface area (Å²) in [6.45, 7) is 1.93. The maximum atomic E-state index is 12.6. The summed E-state index contributed by atoms with van der Waals surface area (Å²) in [4.78, 5) is 0. The number of hydrogen-bond donors (Lipinski definition) is 0. The van der Waals surface area contributed by atoms with E-state index in [1.807, 2.05) is 13.0 Å². The molecule has 0 amide bonds. The largest absolute Gasteiger partial charge is 0.245 e. The van der Waals surface area contributed by atoms with Crippen LogP contribution in [0, 0.1) is 0 Å². The summed E-state index contributed by atoms with van der Waals surface area (Å²) in [5.74, 6) is -0.591. The predicted octanol–water partition coefficient (Wildman–Crippen LogP) is 3.84. The first kappa shape index (κ1) is 10.2. The zero-order valence-electron chi connectivity index (χ0n) is 7.71. The fourth-order valence-electron chi connectivity index (χ4n) is 1.45. The Hall–Kier alpha value is -0.920. The number of alkyl halides is 2. The molecule has 1 unspecified atom stereocenters. The monoisotopic (exact) mass is 184 g/mol. The van der Waals surface area contributed by atoms with E-state index in [0.29, 0.717) is 6.42 Å². The van der Waals surface area contributed by atoms with Gasteiger partial charge in [-0.05, 0) is 12.0 Å². The summed E-state index contributed by atoms with van der Waals surface area (Å²) in [5.41, 5.74) is 0.749. The molecule has 1 aromatic carbocycles. The van der Waals surface area contributed by atoms with Gasteiger partial charge in [0.25, 0.3) is 0 Å². The van der Waals surface area contributed by atoms with E-state index in [0.717, 1.165) is 12.0 Å². The lowest BCUT2D eigenvalue weighted by molar-refractivity contribution is 0.109. The van der Waals surface area contributed by atoms with Gasteiger partial charge < -0.3 is 0 Å². The van der Waals surface area contributed by atoms with Gasteiger partial charge in [-0.15, -0.1) is 0 Å². The lowest BCUT2D eigenvalue weighted by atomic mass is 9.95. The van der Waals surface area contributed by atoms with Crippen molar-refractivity contribution in [2.24, 2.45) is 0 Å². The molecule has 72 valence electrons. The molecule has 1 aromatic rings. The molecule has 0 aliphatic heterocycles. The third-order valence-corrected chi connectivity index (χ3v) is 2.13. The van der Waals surface area contributed by atoms with Crippen LogP contribution >= 0.6 is 0 Å². The van der Waals surface area contributed by atoms with Crippen molar-refractivity contribution in [3.05, 3.63) is 35.9 Å². The van der Waals surface area contributed by atoms with E-state index < -0.39 is 12.3 Å². The molecule has 0 aliphatic rings. The minimum atomic E-state index is -2.25. The number of benzene rings is 1. The normalized spacial score (nSPS) is 13.2. The highest BCUT2D eigenvalue weighted by Gasteiger charge is 2.20. The van der Waals surface area contributed by atoms with E-state index in [9.17, 15) is 8.78 Å². The van der Waals surface area contributed by atoms with Gasteiger partial charge >= 0.3 is 0 Å². The molecule has 0 radical (unpaired) electrons. The molecule has 0 saturated heterocycles. The molecule has 1 atom stereocenters. The quantitative estimate of drug-likeness (QED) is 0.667. The van der Waals surface area contributed by atoms with E-state index in [2.05, 4.69) is 0 Å². The molecular weight excluding hydrogens is 170 g/mol. The maximum absolute atomic E-state index is 12.6. The first-order chi connectivity index (χ1) is 6.25. The Balaban J connectivity index is 2.76. The average Bonchev–Trinajstić information content (AvgIpc) is 2.15. The molecule has 0 nitrogen and oxygen atoms in total. The number of rotatable bonds is 4. The SMILES string of the molecule is CCCC(c1ccccc1)C(F)F. The van der Waals surface area contributed by atoms with Crippen LogP contribution in [0.5, 0.6) is 0 Å².